The molecule has 2 saturated carbocycles. The molecular weight excluding hydrogens is 276 g/mol. The fraction of sp³-hybridized carbons (Fsp3) is 0.857. The Morgan fingerprint density at radius 3 is 2.55 bits per heavy atom. The molecule has 1 amide bonds. The molecule has 1 aliphatic heterocycles. The van der Waals surface area contributed by atoms with Crippen LogP contribution >= 0.6 is 11.8 Å². The van der Waals surface area contributed by atoms with Crippen molar-refractivity contribution in [2.45, 2.75) is 56.6 Å². The maximum absolute atomic E-state index is 12.1. The quantitative estimate of drug-likeness (QED) is 0.702. The molecule has 1 heterocycles. The normalized spacial score (nSPS) is 49.4. The fourth-order valence-electron chi connectivity index (χ4n) is 3.50. The minimum atomic E-state index is -0.665. The van der Waals surface area contributed by atoms with Crippen molar-refractivity contribution in [2.75, 3.05) is 0 Å². The van der Waals surface area contributed by atoms with Crippen LogP contribution < -0.4 is 5.32 Å². The Bertz CT molecular complexity index is 465. The summed E-state index contributed by atoms with van der Waals surface area (Å²) in [4.78, 5) is 16.7. The Morgan fingerprint density at radius 2 is 2.05 bits per heavy atom. The zero-order valence-corrected chi connectivity index (χ0v) is 12.9. The zero-order valence-electron chi connectivity index (χ0n) is 12.0. The van der Waals surface area contributed by atoms with Crippen molar-refractivity contribution in [2.24, 2.45) is 22.7 Å². The van der Waals surface area contributed by atoms with Gasteiger partial charge in [0.1, 0.15) is 4.75 Å². The van der Waals surface area contributed by atoms with E-state index >= 15 is 0 Å². The zero-order chi connectivity index (χ0) is 14.7. The molecule has 6 heteroatoms. The number of nitrogens with zero attached hydrogens (tertiary/aromatic N) is 1. The van der Waals surface area contributed by atoms with Crippen LogP contribution in [0.5, 0.6) is 0 Å². The maximum Gasteiger partial charge on any atom is 0.242 e. The van der Waals surface area contributed by atoms with E-state index in [1.807, 2.05) is 20.8 Å². The molecule has 2 bridgehead atoms. The average molecular weight is 298 g/mol. The van der Waals surface area contributed by atoms with Crippen LogP contribution in [-0.4, -0.2) is 44.3 Å². The number of rotatable bonds is 2. The summed E-state index contributed by atoms with van der Waals surface area (Å²) in [7, 11) is 0. The predicted molar refractivity (Wildman–Crippen MR) is 78.4 cm³/mol. The molecule has 5 nitrogen and oxygen atoms in total. The highest BCUT2D eigenvalue weighted by molar-refractivity contribution is 8.16. The van der Waals surface area contributed by atoms with Crippen LogP contribution in [0.4, 0.5) is 0 Å². The number of aliphatic imine (C=N–C) groups is 1. The Hall–Kier alpha value is -0.590. The number of hydrogen-bond acceptors (Lipinski definition) is 5. The highest BCUT2D eigenvalue weighted by Crippen LogP contribution is 2.47. The van der Waals surface area contributed by atoms with Gasteiger partial charge < -0.3 is 15.5 Å². The van der Waals surface area contributed by atoms with Gasteiger partial charge >= 0.3 is 0 Å². The molecule has 1 saturated heterocycles. The van der Waals surface area contributed by atoms with Gasteiger partial charge in [-0.2, -0.15) is 0 Å². The molecular formula is C14H22N2O3S. The van der Waals surface area contributed by atoms with Gasteiger partial charge in [-0.3, -0.25) is 9.79 Å². The third-order valence-corrected chi connectivity index (χ3v) is 6.73. The summed E-state index contributed by atoms with van der Waals surface area (Å²) in [5.74, 6) is 0.432. The molecule has 0 aromatic rings. The Kier molecular flexibility index (Phi) is 3.38. The van der Waals surface area contributed by atoms with Gasteiger partial charge in [0.2, 0.25) is 5.91 Å². The van der Waals surface area contributed by atoms with Crippen LogP contribution in [0.1, 0.15) is 33.6 Å². The van der Waals surface area contributed by atoms with Crippen LogP contribution in [0.2, 0.25) is 0 Å². The van der Waals surface area contributed by atoms with Crippen molar-refractivity contribution in [1.29, 1.82) is 0 Å². The van der Waals surface area contributed by atoms with E-state index in [0.29, 0.717) is 5.17 Å². The summed E-state index contributed by atoms with van der Waals surface area (Å²) < 4.78 is -0.464. The second-order valence-corrected chi connectivity index (χ2v) is 8.13. The van der Waals surface area contributed by atoms with Crippen molar-refractivity contribution in [3.63, 3.8) is 0 Å². The van der Waals surface area contributed by atoms with Gasteiger partial charge in [0.15, 0.2) is 5.17 Å². The predicted octanol–water partition coefficient (Wildman–Crippen LogP) is 0.750. The number of amidine groups is 1. The lowest BCUT2D eigenvalue weighted by atomic mass is 9.91. The van der Waals surface area contributed by atoms with E-state index in [4.69, 9.17) is 0 Å². The number of fused-ring (bicyclic) bond motifs is 2. The van der Waals surface area contributed by atoms with Gasteiger partial charge in [0, 0.05) is 5.92 Å². The number of carbonyl (C=O) groups is 1. The van der Waals surface area contributed by atoms with E-state index < -0.39 is 17.0 Å². The molecule has 3 fully saturated rings. The number of nitrogens with one attached hydrogen (secondary N) is 1. The van der Waals surface area contributed by atoms with Gasteiger partial charge in [-0.25, -0.2) is 0 Å². The smallest absolute Gasteiger partial charge is 0.242 e. The first kappa shape index (κ1) is 14.4. The van der Waals surface area contributed by atoms with Crippen molar-refractivity contribution in [3.8, 4) is 0 Å². The van der Waals surface area contributed by atoms with E-state index in [1.54, 1.807) is 0 Å². The van der Waals surface area contributed by atoms with Gasteiger partial charge in [0.05, 0.1) is 18.2 Å². The first-order chi connectivity index (χ1) is 9.33. The number of hydrogen-bond donors (Lipinski definition) is 3. The van der Waals surface area contributed by atoms with E-state index in [0.717, 1.165) is 12.8 Å². The summed E-state index contributed by atoms with van der Waals surface area (Å²) >= 11 is 1.49. The minimum absolute atomic E-state index is 0.0139. The molecule has 0 radical (unpaired) electrons. The van der Waals surface area contributed by atoms with E-state index in [2.05, 4.69) is 10.3 Å². The first-order valence-corrected chi connectivity index (χ1v) is 8.09. The molecule has 2 aliphatic carbocycles. The topological polar surface area (TPSA) is 81.9 Å². The molecule has 0 spiro atoms. The summed E-state index contributed by atoms with van der Waals surface area (Å²) in [5.41, 5.74) is 0. The maximum atomic E-state index is 12.1. The number of thioether (sulfide) groups is 1. The number of amides is 1. The van der Waals surface area contributed by atoms with E-state index in [1.165, 1.54) is 11.8 Å². The number of aliphatic hydroxyl groups excluding tert-OH is 2. The van der Waals surface area contributed by atoms with Crippen LogP contribution in [-0.2, 0) is 4.79 Å². The van der Waals surface area contributed by atoms with Gasteiger partial charge in [-0.15, -0.1) is 0 Å². The molecule has 0 unspecified atom stereocenters. The van der Waals surface area contributed by atoms with Crippen LogP contribution in [0.25, 0.3) is 0 Å². The van der Waals surface area contributed by atoms with E-state index in [-0.39, 0.29) is 29.7 Å². The Labute approximate surface area is 123 Å². The van der Waals surface area contributed by atoms with Crippen molar-refractivity contribution >= 4 is 22.8 Å². The van der Waals surface area contributed by atoms with Crippen LogP contribution in [0.3, 0.4) is 0 Å². The molecule has 6 atom stereocenters. The summed E-state index contributed by atoms with van der Waals surface area (Å²) in [5, 5.41) is 23.3. The Morgan fingerprint density at radius 1 is 1.35 bits per heavy atom. The summed E-state index contributed by atoms with van der Waals surface area (Å²) in [6, 6.07) is 0.0238. The molecule has 0 aromatic carbocycles. The largest absolute Gasteiger partial charge is 0.390 e. The molecule has 112 valence electrons. The van der Waals surface area contributed by atoms with E-state index in [9.17, 15) is 15.0 Å². The molecule has 3 aliphatic rings. The lowest BCUT2D eigenvalue weighted by molar-refractivity contribution is -0.122. The lowest BCUT2D eigenvalue weighted by Crippen LogP contribution is -2.39. The second-order valence-electron chi connectivity index (χ2n) is 6.70. The van der Waals surface area contributed by atoms with Crippen molar-refractivity contribution in [3.05, 3.63) is 0 Å². The third kappa shape index (κ3) is 2.00. The summed E-state index contributed by atoms with van der Waals surface area (Å²) in [6.45, 7) is 6.01. The molecule has 3 N–H and O–H groups in total. The monoisotopic (exact) mass is 298 g/mol. The molecule has 20 heavy (non-hydrogen) atoms. The Balaban J connectivity index is 1.75. The van der Waals surface area contributed by atoms with Gasteiger partial charge in [0.25, 0.3) is 0 Å². The van der Waals surface area contributed by atoms with Crippen LogP contribution in [0, 0.1) is 17.8 Å². The van der Waals surface area contributed by atoms with Gasteiger partial charge in [-0.05, 0) is 31.6 Å². The number of carbonyl (C=O) groups excluding carboxylic acids is 1. The van der Waals surface area contributed by atoms with Crippen molar-refractivity contribution in [1.82, 2.24) is 5.32 Å². The van der Waals surface area contributed by atoms with Crippen LogP contribution in [0.15, 0.2) is 4.99 Å². The minimum Gasteiger partial charge on any atom is -0.390 e. The third-order valence-electron chi connectivity index (χ3n) is 5.25. The lowest BCUT2D eigenvalue weighted by Gasteiger charge is -2.27. The average Bonchev–Trinajstić information content (AvgIpc) is 2.98. The summed E-state index contributed by atoms with van der Waals surface area (Å²) in [6.07, 6.45) is 0.385. The number of aliphatic hydroxyl groups is 2. The highest BCUT2D eigenvalue weighted by atomic mass is 32.2. The standard InChI is InChI=1S/C14H22N2O3S/c1-6(2)14(3)12(19)16-13(20-14)15-9-5-7-4-8(9)11(18)10(7)17/h6-11,17-18H,4-5H2,1-3H3,(H,15,16,19)/t7-,8+,9+,10-,11+,14+/m1/s1. The van der Waals surface area contributed by atoms with Crippen molar-refractivity contribution < 1.29 is 15.0 Å². The second kappa shape index (κ2) is 4.71. The van der Waals surface area contributed by atoms with Gasteiger partial charge in [-0.1, -0.05) is 25.6 Å². The first-order valence-electron chi connectivity index (χ1n) is 7.27. The SMILES string of the molecule is CC(C)[C@]1(C)SC(=N[C@H]2C[C@H]3C[C@@H]2[C@H](O)[C@@H]3O)NC1=O. The molecule has 3 rings (SSSR count). The highest BCUT2D eigenvalue weighted by Gasteiger charge is 2.52. The molecule has 0 aromatic heterocycles. The fourth-order valence-corrected chi connectivity index (χ4v) is 4.61.